The van der Waals surface area contributed by atoms with Crippen LogP contribution in [0.2, 0.25) is 10.0 Å². The van der Waals surface area contributed by atoms with Gasteiger partial charge in [0.1, 0.15) is 29.2 Å². The van der Waals surface area contributed by atoms with Gasteiger partial charge in [0.15, 0.2) is 0 Å². The van der Waals surface area contributed by atoms with Crippen molar-refractivity contribution in [1.82, 2.24) is 0 Å². The molecule has 1 unspecified atom stereocenters. The number of nitriles is 1. The molecular weight excluding hydrogens is 387 g/mol. The third-order valence-electron chi connectivity index (χ3n) is 4.11. The second-order valence-corrected chi connectivity index (χ2v) is 6.87. The molecule has 27 heavy (non-hydrogen) atoms. The zero-order valence-corrected chi connectivity index (χ0v) is 16.2. The number of carbonyl (C=O) groups is 1. The summed E-state index contributed by atoms with van der Waals surface area (Å²) in [5.41, 5.74) is 1.74. The number of methoxy groups -OCH3 is 1. The van der Waals surface area contributed by atoms with Gasteiger partial charge in [-0.05, 0) is 37.3 Å². The Morgan fingerprint density at radius 2 is 2.07 bits per heavy atom. The highest BCUT2D eigenvalue weighted by Gasteiger charge is 2.22. The summed E-state index contributed by atoms with van der Waals surface area (Å²) in [6, 6.07) is 10.4. The van der Waals surface area contributed by atoms with E-state index >= 15 is 0 Å². The molecular formula is C20H16Cl2N2O3. The lowest BCUT2D eigenvalue weighted by molar-refractivity contribution is -0.112. The molecule has 1 N–H and O–H groups in total. The van der Waals surface area contributed by atoms with E-state index in [4.69, 9.17) is 32.7 Å². The van der Waals surface area contributed by atoms with Gasteiger partial charge in [0, 0.05) is 17.5 Å². The van der Waals surface area contributed by atoms with Crippen LogP contribution in [0.5, 0.6) is 11.5 Å². The number of fused-ring (bicyclic) bond motifs is 1. The van der Waals surface area contributed by atoms with Crippen molar-refractivity contribution in [3.63, 3.8) is 0 Å². The van der Waals surface area contributed by atoms with Crippen LogP contribution in [0.15, 0.2) is 35.9 Å². The van der Waals surface area contributed by atoms with E-state index in [1.165, 1.54) is 13.2 Å². The van der Waals surface area contributed by atoms with Gasteiger partial charge in [-0.25, -0.2) is 0 Å². The maximum atomic E-state index is 12.5. The van der Waals surface area contributed by atoms with Crippen molar-refractivity contribution < 1.29 is 14.3 Å². The lowest BCUT2D eigenvalue weighted by Gasteiger charge is -2.10. The smallest absolute Gasteiger partial charge is 0.266 e. The number of nitrogens with zero attached hydrogens (tertiary/aromatic N) is 1. The Morgan fingerprint density at radius 3 is 2.70 bits per heavy atom. The first-order valence-corrected chi connectivity index (χ1v) is 8.93. The molecule has 5 nitrogen and oxygen atoms in total. The third-order valence-corrected chi connectivity index (χ3v) is 4.74. The first-order chi connectivity index (χ1) is 12.9. The molecule has 0 fully saturated rings. The van der Waals surface area contributed by atoms with E-state index in [1.54, 1.807) is 24.3 Å². The Hall–Kier alpha value is -2.68. The van der Waals surface area contributed by atoms with Crippen molar-refractivity contribution in [3.8, 4) is 17.6 Å². The van der Waals surface area contributed by atoms with Gasteiger partial charge < -0.3 is 14.8 Å². The van der Waals surface area contributed by atoms with Crippen molar-refractivity contribution in [2.45, 2.75) is 19.4 Å². The molecule has 2 aromatic rings. The summed E-state index contributed by atoms with van der Waals surface area (Å²) in [6.45, 7) is 1.98. The van der Waals surface area contributed by atoms with Gasteiger partial charge in [-0.2, -0.15) is 5.26 Å². The monoisotopic (exact) mass is 402 g/mol. The second kappa shape index (κ2) is 7.91. The number of benzene rings is 2. The molecule has 1 aliphatic heterocycles. The van der Waals surface area contributed by atoms with Crippen LogP contribution in [-0.2, 0) is 11.2 Å². The predicted molar refractivity (Wildman–Crippen MR) is 105 cm³/mol. The van der Waals surface area contributed by atoms with E-state index in [1.807, 2.05) is 19.1 Å². The standard InChI is InChI=1S/C20H16Cl2N2O3/c1-11-6-12-8-17(26-2)13(9-18(12)27-11)7-14(10-23)20(25)24-19-15(21)4-3-5-16(19)22/h3-5,7-9,11H,6H2,1-2H3,(H,24,25)/b14-7+. The minimum absolute atomic E-state index is 0.0741. The van der Waals surface area contributed by atoms with Gasteiger partial charge in [-0.1, -0.05) is 29.3 Å². The number of anilines is 1. The number of hydrogen-bond donors (Lipinski definition) is 1. The minimum atomic E-state index is -0.621. The molecule has 0 aromatic heterocycles. The fourth-order valence-electron chi connectivity index (χ4n) is 2.85. The summed E-state index contributed by atoms with van der Waals surface area (Å²) < 4.78 is 11.2. The zero-order chi connectivity index (χ0) is 19.6. The normalized spacial score (nSPS) is 15.5. The average Bonchev–Trinajstić information content (AvgIpc) is 3.00. The molecule has 2 aromatic carbocycles. The molecule has 1 atom stereocenters. The molecule has 0 saturated heterocycles. The van der Waals surface area contributed by atoms with Crippen molar-refractivity contribution in [3.05, 3.63) is 57.1 Å². The summed E-state index contributed by atoms with van der Waals surface area (Å²) in [5, 5.41) is 12.6. The van der Waals surface area contributed by atoms with Crippen molar-refractivity contribution in [1.29, 1.82) is 5.26 Å². The maximum absolute atomic E-state index is 12.5. The molecule has 1 heterocycles. The predicted octanol–water partition coefficient (Wildman–Crippen LogP) is 4.87. The van der Waals surface area contributed by atoms with Crippen LogP contribution < -0.4 is 14.8 Å². The van der Waals surface area contributed by atoms with Gasteiger partial charge >= 0.3 is 0 Å². The summed E-state index contributed by atoms with van der Waals surface area (Å²) in [4.78, 5) is 12.5. The topological polar surface area (TPSA) is 71.3 Å². The number of amides is 1. The Morgan fingerprint density at radius 1 is 1.37 bits per heavy atom. The van der Waals surface area contributed by atoms with E-state index in [-0.39, 0.29) is 27.4 Å². The fourth-order valence-corrected chi connectivity index (χ4v) is 3.34. The summed E-state index contributed by atoms with van der Waals surface area (Å²) in [5.74, 6) is 0.661. The molecule has 1 aliphatic rings. The Balaban J connectivity index is 1.94. The van der Waals surface area contributed by atoms with Gasteiger partial charge in [-0.15, -0.1) is 0 Å². The van der Waals surface area contributed by atoms with Crippen LogP contribution in [0, 0.1) is 11.3 Å². The molecule has 1 amide bonds. The van der Waals surface area contributed by atoms with Crippen molar-refractivity contribution >= 4 is 40.9 Å². The van der Waals surface area contributed by atoms with E-state index < -0.39 is 5.91 Å². The molecule has 138 valence electrons. The van der Waals surface area contributed by atoms with Gasteiger partial charge in [0.05, 0.1) is 22.8 Å². The summed E-state index contributed by atoms with van der Waals surface area (Å²) >= 11 is 12.1. The summed E-state index contributed by atoms with van der Waals surface area (Å²) in [7, 11) is 1.54. The number of hydrogen-bond acceptors (Lipinski definition) is 4. The van der Waals surface area contributed by atoms with Crippen LogP contribution in [0.25, 0.3) is 6.08 Å². The Labute approximate surface area is 167 Å². The first kappa shape index (κ1) is 19.1. The lowest BCUT2D eigenvalue weighted by atomic mass is 10.0. The third kappa shape index (κ3) is 4.02. The number of nitrogens with one attached hydrogen (secondary N) is 1. The highest BCUT2D eigenvalue weighted by molar-refractivity contribution is 6.40. The van der Waals surface area contributed by atoms with Crippen LogP contribution >= 0.6 is 23.2 Å². The van der Waals surface area contributed by atoms with Crippen molar-refractivity contribution in [2.24, 2.45) is 0 Å². The number of ether oxygens (including phenoxy) is 2. The molecule has 0 bridgehead atoms. The number of halogens is 2. The molecule has 0 saturated carbocycles. The average molecular weight is 403 g/mol. The maximum Gasteiger partial charge on any atom is 0.266 e. The lowest BCUT2D eigenvalue weighted by Crippen LogP contribution is -2.14. The molecule has 7 heteroatoms. The number of para-hydroxylation sites is 1. The molecule has 0 radical (unpaired) electrons. The van der Waals surface area contributed by atoms with E-state index in [0.717, 1.165) is 17.7 Å². The fraction of sp³-hybridized carbons (Fsp3) is 0.200. The molecule has 0 aliphatic carbocycles. The van der Waals surface area contributed by atoms with Crippen molar-refractivity contribution in [2.75, 3.05) is 12.4 Å². The van der Waals surface area contributed by atoms with Crippen LogP contribution in [0.3, 0.4) is 0 Å². The highest BCUT2D eigenvalue weighted by Crippen LogP contribution is 2.36. The van der Waals surface area contributed by atoms with Gasteiger partial charge in [0.25, 0.3) is 5.91 Å². The van der Waals surface area contributed by atoms with E-state index in [9.17, 15) is 10.1 Å². The quantitative estimate of drug-likeness (QED) is 0.584. The Bertz CT molecular complexity index is 960. The first-order valence-electron chi connectivity index (χ1n) is 8.17. The van der Waals surface area contributed by atoms with Crippen LogP contribution in [0.4, 0.5) is 5.69 Å². The van der Waals surface area contributed by atoms with Gasteiger partial charge in [0.2, 0.25) is 0 Å². The number of carbonyl (C=O) groups excluding carboxylic acids is 1. The van der Waals surface area contributed by atoms with E-state index in [0.29, 0.717) is 11.3 Å². The zero-order valence-electron chi connectivity index (χ0n) is 14.7. The minimum Gasteiger partial charge on any atom is -0.496 e. The largest absolute Gasteiger partial charge is 0.496 e. The van der Waals surface area contributed by atoms with E-state index in [2.05, 4.69) is 5.32 Å². The second-order valence-electron chi connectivity index (χ2n) is 6.06. The molecule has 0 spiro atoms. The Kier molecular flexibility index (Phi) is 5.59. The van der Waals surface area contributed by atoms with Gasteiger partial charge in [-0.3, -0.25) is 4.79 Å². The summed E-state index contributed by atoms with van der Waals surface area (Å²) in [6.07, 6.45) is 2.31. The highest BCUT2D eigenvalue weighted by atomic mass is 35.5. The van der Waals surface area contributed by atoms with Crippen LogP contribution in [0.1, 0.15) is 18.1 Å². The number of rotatable bonds is 4. The van der Waals surface area contributed by atoms with Crippen LogP contribution in [-0.4, -0.2) is 19.1 Å². The SMILES string of the molecule is COc1cc2c(cc1/C=C(\C#N)C(=O)Nc1c(Cl)cccc1Cl)OC(C)C2. The molecule has 3 rings (SSSR count).